The fourth-order valence-electron chi connectivity index (χ4n) is 2.11. The van der Waals surface area contributed by atoms with Crippen LogP contribution in [-0.2, 0) is 4.79 Å². The molecule has 1 N–H and O–H groups in total. The Kier molecular flexibility index (Phi) is 6.18. The average Bonchev–Trinajstić information content (AvgIpc) is 2.54. The predicted molar refractivity (Wildman–Crippen MR) is 88.4 cm³/mol. The van der Waals surface area contributed by atoms with Gasteiger partial charge in [-0.1, -0.05) is 24.8 Å². The van der Waals surface area contributed by atoms with Crippen molar-refractivity contribution in [1.29, 1.82) is 0 Å². The number of hydrazine groups is 1. The molecule has 1 heterocycles. The van der Waals surface area contributed by atoms with Crippen LogP contribution in [0.15, 0.2) is 43.0 Å². The quantitative estimate of drug-likeness (QED) is 0.639. The van der Waals surface area contributed by atoms with E-state index in [1.54, 1.807) is 18.2 Å². The summed E-state index contributed by atoms with van der Waals surface area (Å²) in [6, 6.07) is 7.58. The molecular weight excluding hydrogens is 278 g/mol. The molecule has 0 saturated carbocycles. The summed E-state index contributed by atoms with van der Waals surface area (Å²) in [6.45, 7) is 7.74. The molecule has 1 aromatic carbocycles. The van der Waals surface area contributed by atoms with Gasteiger partial charge >= 0.3 is 0 Å². The summed E-state index contributed by atoms with van der Waals surface area (Å²) >= 11 is 0. The summed E-state index contributed by atoms with van der Waals surface area (Å²) in [5.41, 5.74) is 3.85. The van der Waals surface area contributed by atoms with E-state index in [0.29, 0.717) is 6.61 Å². The maximum Gasteiger partial charge on any atom is 0.258 e. The molecular formula is C17H23N3O2. The van der Waals surface area contributed by atoms with Crippen molar-refractivity contribution in [2.45, 2.75) is 0 Å². The van der Waals surface area contributed by atoms with Crippen LogP contribution in [0.5, 0.6) is 5.75 Å². The Labute approximate surface area is 131 Å². The summed E-state index contributed by atoms with van der Waals surface area (Å²) < 4.78 is 5.41. The molecule has 0 spiro atoms. The van der Waals surface area contributed by atoms with Crippen molar-refractivity contribution in [3.63, 3.8) is 0 Å². The summed E-state index contributed by atoms with van der Waals surface area (Å²) in [4.78, 5) is 14.1. The third-order valence-corrected chi connectivity index (χ3v) is 3.45. The predicted octanol–water partition coefficient (Wildman–Crippen LogP) is 1.54. The molecule has 5 nitrogen and oxygen atoms in total. The van der Waals surface area contributed by atoms with Crippen LogP contribution in [0.3, 0.4) is 0 Å². The second kappa shape index (κ2) is 8.36. The van der Waals surface area contributed by atoms with Gasteiger partial charge in [-0.3, -0.25) is 10.2 Å². The molecule has 1 aromatic rings. The first-order valence-electron chi connectivity index (χ1n) is 7.43. The van der Waals surface area contributed by atoms with E-state index in [0.717, 1.165) is 37.5 Å². The van der Waals surface area contributed by atoms with Gasteiger partial charge in [-0.15, -0.1) is 0 Å². The van der Waals surface area contributed by atoms with Crippen LogP contribution in [-0.4, -0.2) is 55.6 Å². The van der Waals surface area contributed by atoms with E-state index in [-0.39, 0.29) is 5.91 Å². The van der Waals surface area contributed by atoms with Gasteiger partial charge in [-0.05, 0) is 30.8 Å². The van der Waals surface area contributed by atoms with E-state index in [9.17, 15) is 4.79 Å². The zero-order chi connectivity index (χ0) is 15.8. The number of nitrogens with zero attached hydrogens (tertiary/aromatic N) is 2. The van der Waals surface area contributed by atoms with Gasteiger partial charge in [0.1, 0.15) is 12.4 Å². The molecule has 5 heteroatoms. The van der Waals surface area contributed by atoms with Crippen LogP contribution in [0.2, 0.25) is 0 Å². The van der Waals surface area contributed by atoms with Gasteiger partial charge in [0.15, 0.2) is 0 Å². The van der Waals surface area contributed by atoms with Gasteiger partial charge in [-0.25, -0.2) is 5.01 Å². The highest BCUT2D eigenvalue weighted by atomic mass is 16.5. The number of carbonyl (C=O) groups excluding carboxylic acids is 1. The summed E-state index contributed by atoms with van der Waals surface area (Å²) in [5, 5.41) is 1.96. The number of rotatable bonds is 6. The average molecular weight is 301 g/mol. The smallest absolute Gasteiger partial charge is 0.258 e. The Hall–Kier alpha value is -2.11. The molecule has 0 atom stereocenters. The fourth-order valence-corrected chi connectivity index (χ4v) is 2.11. The Morgan fingerprint density at radius 3 is 2.59 bits per heavy atom. The van der Waals surface area contributed by atoms with E-state index in [1.807, 2.05) is 29.3 Å². The van der Waals surface area contributed by atoms with Crippen molar-refractivity contribution in [2.75, 3.05) is 39.8 Å². The highest BCUT2D eigenvalue weighted by molar-refractivity contribution is 5.91. The van der Waals surface area contributed by atoms with Crippen LogP contribution in [0.1, 0.15) is 5.56 Å². The standard InChI is InChI=1S/C17H23N3O2/c1-3-14-22-16-7-4-15(5-8-16)6-9-17(21)18-20-12-10-19(2)11-13-20/h3-9H,1,10-14H2,2H3,(H,18,21)/b9-6+. The molecule has 0 radical (unpaired) electrons. The van der Waals surface area contributed by atoms with Gasteiger partial charge in [0.2, 0.25) is 0 Å². The highest BCUT2D eigenvalue weighted by Crippen LogP contribution is 2.13. The summed E-state index contributed by atoms with van der Waals surface area (Å²) in [5.74, 6) is 0.690. The minimum atomic E-state index is -0.100. The van der Waals surface area contributed by atoms with Gasteiger partial charge in [-0.2, -0.15) is 0 Å². The summed E-state index contributed by atoms with van der Waals surface area (Å²) in [6.07, 6.45) is 5.05. The first-order valence-corrected chi connectivity index (χ1v) is 7.43. The molecule has 1 saturated heterocycles. The molecule has 1 aliphatic rings. The lowest BCUT2D eigenvalue weighted by Gasteiger charge is -2.31. The maximum atomic E-state index is 11.9. The zero-order valence-corrected chi connectivity index (χ0v) is 13.0. The van der Waals surface area contributed by atoms with Crippen LogP contribution < -0.4 is 10.2 Å². The zero-order valence-electron chi connectivity index (χ0n) is 13.0. The lowest BCUT2D eigenvalue weighted by molar-refractivity contribution is -0.121. The Morgan fingerprint density at radius 2 is 1.95 bits per heavy atom. The van der Waals surface area contributed by atoms with Crippen LogP contribution in [0, 0.1) is 0 Å². The van der Waals surface area contributed by atoms with E-state index >= 15 is 0 Å². The number of nitrogens with one attached hydrogen (secondary N) is 1. The van der Waals surface area contributed by atoms with E-state index in [4.69, 9.17) is 4.74 Å². The van der Waals surface area contributed by atoms with Crippen LogP contribution >= 0.6 is 0 Å². The lowest BCUT2D eigenvalue weighted by atomic mass is 10.2. The number of amides is 1. The molecule has 1 amide bonds. The number of hydrogen-bond donors (Lipinski definition) is 1. The number of benzene rings is 1. The van der Waals surface area contributed by atoms with E-state index < -0.39 is 0 Å². The van der Waals surface area contributed by atoms with Crippen molar-refractivity contribution in [3.8, 4) is 5.75 Å². The maximum absolute atomic E-state index is 11.9. The molecule has 0 bridgehead atoms. The second-order valence-corrected chi connectivity index (χ2v) is 5.27. The lowest BCUT2D eigenvalue weighted by Crippen LogP contribution is -2.52. The monoisotopic (exact) mass is 301 g/mol. The van der Waals surface area contributed by atoms with Crippen molar-refractivity contribution >= 4 is 12.0 Å². The molecule has 118 valence electrons. The molecule has 0 aliphatic carbocycles. The topological polar surface area (TPSA) is 44.8 Å². The fraction of sp³-hybridized carbons (Fsp3) is 0.353. The Balaban J connectivity index is 1.80. The number of likely N-dealkylation sites (N-methyl/N-ethyl adjacent to an activating group) is 1. The van der Waals surface area contributed by atoms with Gasteiger partial charge in [0.05, 0.1) is 0 Å². The third-order valence-electron chi connectivity index (χ3n) is 3.45. The van der Waals surface area contributed by atoms with Crippen molar-refractivity contribution in [2.24, 2.45) is 0 Å². The molecule has 22 heavy (non-hydrogen) atoms. The molecule has 2 rings (SSSR count). The second-order valence-electron chi connectivity index (χ2n) is 5.27. The number of ether oxygens (including phenoxy) is 1. The number of carbonyl (C=O) groups is 1. The minimum absolute atomic E-state index is 0.100. The first-order chi connectivity index (χ1) is 10.7. The van der Waals surface area contributed by atoms with Gasteiger partial charge < -0.3 is 9.64 Å². The van der Waals surface area contributed by atoms with E-state index in [2.05, 4.69) is 24.0 Å². The normalized spacial score (nSPS) is 16.6. The van der Waals surface area contributed by atoms with Gasteiger partial charge in [0.25, 0.3) is 5.91 Å². The minimum Gasteiger partial charge on any atom is -0.490 e. The largest absolute Gasteiger partial charge is 0.490 e. The van der Waals surface area contributed by atoms with Crippen LogP contribution in [0.25, 0.3) is 6.08 Å². The third kappa shape index (κ3) is 5.35. The first kappa shape index (κ1) is 16.3. The van der Waals surface area contributed by atoms with Crippen molar-refractivity contribution in [1.82, 2.24) is 15.3 Å². The number of hydrogen-bond acceptors (Lipinski definition) is 4. The molecule has 0 unspecified atom stereocenters. The van der Waals surface area contributed by atoms with Gasteiger partial charge in [0, 0.05) is 32.3 Å². The van der Waals surface area contributed by atoms with Crippen molar-refractivity contribution < 1.29 is 9.53 Å². The highest BCUT2D eigenvalue weighted by Gasteiger charge is 2.14. The molecule has 1 fully saturated rings. The Morgan fingerprint density at radius 1 is 1.27 bits per heavy atom. The van der Waals surface area contributed by atoms with E-state index in [1.165, 1.54) is 0 Å². The Bertz CT molecular complexity index is 517. The van der Waals surface area contributed by atoms with Crippen LogP contribution in [0.4, 0.5) is 0 Å². The molecule has 1 aliphatic heterocycles. The summed E-state index contributed by atoms with van der Waals surface area (Å²) in [7, 11) is 2.08. The SMILES string of the molecule is C=CCOc1ccc(/C=C/C(=O)NN2CCN(C)CC2)cc1. The molecule has 0 aromatic heterocycles. The number of piperazine rings is 1. The van der Waals surface area contributed by atoms with Crippen molar-refractivity contribution in [3.05, 3.63) is 48.6 Å².